The summed E-state index contributed by atoms with van der Waals surface area (Å²) < 4.78 is 29.5. The molecule has 3 aromatic rings. The second-order valence-corrected chi connectivity index (χ2v) is 11.3. The van der Waals surface area contributed by atoms with Crippen LogP contribution in [0.1, 0.15) is 45.3 Å². The van der Waals surface area contributed by atoms with Gasteiger partial charge in [0.1, 0.15) is 17.5 Å². The van der Waals surface area contributed by atoms with Crippen LogP contribution in [-0.4, -0.2) is 98.5 Å². The summed E-state index contributed by atoms with van der Waals surface area (Å²) in [5.74, 6) is 1.19. The van der Waals surface area contributed by atoms with Crippen molar-refractivity contribution in [3.05, 3.63) is 18.1 Å². The van der Waals surface area contributed by atoms with Crippen LogP contribution in [0, 0.1) is 6.92 Å². The SMILES string of the molecule is COc1nn(C2CCN(C)CC2)cc1Nc1nc(N2C[C@@H](F)[C@H](NC(=O)OC(C)(C)C)C2)nn2c(C)cnc12. The fourth-order valence-electron chi connectivity index (χ4n) is 4.91. The third-order valence-electron chi connectivity index (χ3n) is 6.96. The Morgan fingerprint density at radius 2 is 1.92 bits per heavy atom. The Bertz CT molecular complexity index is 1330. The number of piperidine rings is 1. The Morgan fingerprint density at radius 3 is 2.62 bits per heavy atom. The van der Waals surface area contributed by atoms with Crippen LogP contribution in [0.5, 0.6) is 5.88 Å². The molecule has 0 aliphatic carbocycles. The van der Waals surface area contributed by atoms with Gasteiger partial charge in [0.15, 0.2) is 11.5 Å². The van der Waals surface area contributed by atoms with Gasteiger partial charge < -0.3 is 29.9 Å². The highest BCUT2D eigenvalue weighted by Gasteiger charge is 2.37. The maximum atomic E-state index is 15.0. The van der Waals surface area contributed by atoms with Crippen LogP contribution in [0.2, 0.25) is 0 Å². The highest BCUT2D eigenvalue weighted by molar-refractivity contribution is 5.73. The molecule has 212 valence electrons. The zero-order valence-electron chi connectivity index (χ0n) is 23.3. The number of alkyl halides is 1. The maximum absolute atomic E-state index is 15.0. The predicted molar refractivity (Wildman–Crippen MR) is 144 cm³/mol. The van der Waals surface area contributed by atoms with E-state index in [2.05, 4.69) is 37.8 Å². The Balaban J connectivity index is 1.39. The summed E-state index contributed by atoms with van der Waals surface area (Å²) in [6, 6.07) is -0.479. The lowest BCUT2D eigenvalue weighted by Gasteiger charge is -2.28. The largest absolute Gasteiger partial charge is 0.478 e. The molecule has 2 aliphatic heterocycles. The highest BCUT2D eigenvalue weighted by Crippen LogP contribution is 2.32. The molecule has 3 aromatic heterocycles. The highest BCUT2D eigenvalue weighted by atomic mass is 19.1. The minimum atomic E-state index is -1.31. The van der Waals surface area contributed by atoms with E-state index in [4.69, 9.17) is 14.5 Å². The van der Waals surface area contributed by atoms with Gasteiger partial charge in [-0.15, -0.1) is 10.2 Å². The number of aromatic nitrogens is 6. The third kappa shape index (κ3) is 5.84. The number of carbonyl (C=O) groups is 1. The minimum absolute atomic E-state index is 0.0243. The molecule has 2 N–H and O–H groups in total. The molecule has 5 rings (SSSR count). The van der Waals surface area contributed by atoms with E-state index in [1.54, 1.807) is 43.5 Å². The summed E-state index contributed by atoms with van der Waals surface area (Å²) in [5, 5.41) is 15.2. The summed E-state index contributed by atoms with van der Waals surface area (Å²) in [6.45, 7) is 9.40. The van der Waals surface area contributed by atoms with Gasteiger partial charge in [-0.1, -0.05) is 0 Å². The second-order valence-electron chi connectivity index (χ2n) is 11.3. The van der Waals surface area contributed by atoms with Crippen molar-refractivity contribution in [2.75, 3.05) is 50.6 Å². The molecule has 1 amide bonds. The number of anilines is 3. The number of fused-ring (bicyclic) bond motifs is 1. The van der Waals surface area contributed by atoms with Crippen molar-refractivity contribution >= 4 is 29.2 Å². The quantitative estimate of drug-likeness (QED) is 0.478. The minimum Gasteiger partial charge on any atom is -0.478 e. The number of hydrogen-bond acceptors (Lipinski definition) is 10. The number of rotatable bonds is 6. The molecule has 0 bridgehead atoms. The second kappa shape index (κ2) is 10.5. The number of halogens is 1. The van der Waals surface area contributed by atoms with Crippen LogP contribution in [-0.2, 0) is 4.74 Å². The third-order valence-corrected chi connectivity index (χ3v) is 6.96. The first-order chi connectivity index (χ1) is 18.5. The smallest absolute Gasteiger partial charge is 0.408 e. The molecule has 0 spiro atoms. The number of nitrogens with one attached hydrogen (secondary N) is 2. The number of ether oxygens (including phenoxy) is 2. The van der Waals surface area contributed by atoms with E-state index in [9.17, 15) is 9.18 Å². The fraction of sp³-hybridized carbons (Fsp3) is 0.640. The van der Waals surface area contributed by atoms with Gasteiger partial charge >= 0.3 is 6.09 Å². The molecule has 2 fully saturated rings. The number of nitrogens with zero attached hydrogens (tertiary/aromatic N) is 8. The number of hydrogen-bond donors (Lipinski definition) is 2. The number of methoxy groups -OCH3 is 1. The maximum Gasteiger partial charge on any atom is 0.408 e. The van der Waals surface area contributed by atoms with Crippen LogP contribution in [0.3, 0.4) is 0 Å². The summed E-state index contributed by atoms with van der Waals surface area (Å²) >= 11 is 0. The average molecular weight is 545 g/mol. The number of aryl methyl sites for hydroxylation is 1. The Labute approximate surface area is 226 Å². The first-order valence-corrected chi connectivity index (χ1v) is 13.2. The summed E-state index contributed by atoms with van der Waals surface area (Å²) in [5.41, 5.74) is 1.29. The van der Waals surface area contributed by atoms with Gasteiger partial charge in [0.25, 0.3) is 5.88 Å². The normalized spacial score (nSPS) is 20.9. The van der Waals surface area contributed by atoms with Crippen molar-refractivity contribution < 1.29 is 18.7 Å². The summed E-state index contributed by atoms with van der Waals surface area (Å²) in [4.78, 5) is 25.5. The van der Waals surface area contributed by atoms with Crippen molar-refractivity contribution in [1.82, 2.24) is 39.6 Å². The van der Waals surface area contributed by atoms with Gasteiger partial charge in [0.2, 0.25) is 5.95 Å². The molecule has 2 saturated heterocycles. The predicted octanol–water partition coefficient (Wildman–Crippen LogP) is 2.70. The molecule has 39 heavy (non-hydrogen) atoms. The lowest BCUT2D eigenvalue weighted by atomic mass is 10.1. The van der Waals surface area contributed by atoms with E-state index in [1.165, 1.54) is 0 Å². The molecular weight excluding hydrogens is 507 g/mol. The zero-order chi connectivity index (χ0) is 27.9. The van der Waals surface area contributed by atoms with E-state index in [0.717, 1.165) is 31.6 Å². The average Bonchev–Trinajstić information content (AvgIpc) is 3.56. The summed E-state index contributed by atoms with van der Waals surface area (Å²) in [6.07, 6.45) is 3.66. The molecule has 14 heteroatoms. The molecule has 0 unspecified atom stereocenters. The number of imidazole rings is 1. The number of alkyl carbamates (subject to hydrolysis) is 1. The van der Waals surface area contributed by atoms with Crippen molar-refractivity contribution in [3.63, 3.8) is 0 Å². The van der Waals surface area contributed by atoms with Crippen molar-refractivity contribution in [2.24, 2.45) is 0 Å². The lowest BCUT2D eigenvalue weighted by molar-refractivity contribution is 0.0490. The van der Waals surface area contributed by atoms with E-state index < -0.39 is 23.9 Å². The van der Waals surface area contributed by atoms with Gasteiger partial charge in [0.05, 0.1) is 43.8 Å². The lowest BCUT2D eigenvalue weighted by Crippen LogP contribution is -2.44. The molecular formula is C25H37FN10O3. The van der Waals surface area contributed by atoms with Gasteiger partial charge in [-0.3, -0.25) is 4.68 Å². The Morgan fingerprint density at radius 1 is 1.18 bits per heavy atom. The van der Waals surface area contributed by atoms with Crippen molar-refractivity contribution in [3.8, 4) is 5.88 Å². The molecule has 5 heterocycles. The first kappa shape index (κ1) is 26.9. The van der Waals surface area contributed by atoms with Crippen LogP contribution in [0.15, 0.2) is 12.4 Å². The standard InChI is InChI=1S/C25H37FN10O3/c1-15-11-27-21-20(28-19-14-35(31-22(19)38-6)16-7-9-33(5)10-8-16)30-23(32-36(15)21)34-12-17(26)18(13-34)29-24(37)39-25(2,3)4/h11,14,16-18H,7-10,12-13H2,1-6H3,(H,29,37)(H,28,30,32)/t17-,18-/m1/s1. The topological polar surface area (TPSA) is 127 Å². The monoisotopic (exact) mass is 544 g/mol. The molecule has 0 saturated carbocycles. The first-order valence-electron chi connectivity index (χ1n) is 13.2. The van der Waals surface area contributed by atoms with Gasteiger partial charge in [0, 0.05) is 6.54 Å². The van der Waals surface area contributed by atoms with Gasteiger partial charge in [-0.2, -0.15) is 4.98 Å². The van der Waals surface area contributed by atoms with Gasteiger partial charge in [-0.05, 0) is 60.7 Å². The van der Waals surface area contributed by atoms with E-state index >= 15 is 0 Å². The molecule has 0 radical (unpaired) electrons. The van der Waals surface area contributed by atoms with E-state index in [0.29, 0.717) is 29.0 Å². The zero-order valence-corrected chi connectivity index (χ0v) is 23.3. The van der Waals surface area contributed by atoms with Crippen LogP contribution in [0.25, 0.3) is 5.65 Å². The fourth-order valence-corrected chi connectivity index (χ4v) is 4.91. The number of likely N-dealkylation sites (tertiary alicyclic amines) is 1. The van der Waals surface area contributed by atoms with Crippen molar-refractivity contribution in [2.45, 2.75) is 64.4 Å². The number of carbonyl (C=O) groups excluding carboxylic acids is 1. The molecule has 13 nitrogen and oxygen atoms in total. The van der Waals surface area contributed by atoms with E-state index in [-0.39, 0.29) is 19.1 Å². The number of amides is 1. The van der Waals surface area contributed by atoms with E-state index in [1.807, 2.05) is 17.8 Å². The summed E-state index contributed by atoms with van der Waals surface area (Å²) in [7, 11) is 3.70. The molecule has 2 atom stereocenters. The molecule has 2 aliphatic rings. The van der Waals surface area contributed by atoms with Crippen LogP contribution < -0.4 is 20.3 Å². The Hall–Kier alpha value is -3.68. The molecule has 0 aromatic carbocycles. The van der Waals surface area contributed by atoms with Crippen LogP contribution in [0.4, 0.5) is 26.6 Å². The van der Waals surface area contributed by atoms with Crippen LogP contribution >= 0.6 is 0 Å². The van der Waals surface area contributed by atoms with Gasteiger partial charge in [-0.25, -0.2) is 18.7 Å². The Kier molecular flexibility index (Phi) is 7.23. The van der Waals surface area contributed by atoms with Crippen molar-refractivity contribution in [1.29, 1.82) is 0 Å².